The lowest BCUT2D eigenvalue weighted by atomic mass is 10.0. The molecule has 33 heavy (non-hydrogen) atoms. The molecule has 1 aliphatic heterocycles. The Labute approximate surface area is 188 Å². The van der Waals surface area contributed by atoms with Crippen molar-refractivity contribution in [2.45, 2.75) is 24.5 Å². The van der Waals surface area contributed by atoms with E-state index in [-0.39, 0.29) is 12.4 Å². The molecule has 0 saturated carbocycles. The van der Waals surface area contributed by atoms with E-state index in [2.05, 4.69) is 21.0 Å². The molecule has 0 aliphatic carbocycles. The summed E-state index contributed by atoms with van der Waals surface area (Å²) in [7, 11) is 0. The number of nitrogen functional groups attached to an aromatic ring is 1. The standard InChI is InChI=1S/C23H20N6O4/c24-9-14-4-1-2-7-16(14)13-5-3-6-15(8-13)32-10-17-19(30)20(31)23(33-17)29-12-28-18-21(25)26-11-27-22(18)29/h1-8,11-12,17,19-20,23,30-31H,10H2,(H2,25,26,27)/t17-,19-,20-,23-/m1/s1. The molecule has 1 saturated heterocycles. The first kappa shape index (κ1) is 20.8. The first-order valence-corrected chi connectivity index (χ1v) is 10.2. The molecule has 1 fully saturated rings. The molecule has 0 bridgehead atoms. The van der Waals surface area contributed by atoms with E-state index >= 15 is 0 Å². The molecule has 166 valence electrons. The van der Waals surface area contributed by atoms with Crippen LogP contribution in [0.25, 0.3) is 22.3 Å². The summed E-state index contributed by atoms with van der Waals surface area (Å²) in [4.78, 5) is 12.2. The second-order valence-corrected chi connectivity index (χ2v) is 7.63. The summed E-state index contributed by atoms with van der Waals surface area (Å²) in [5.74, 6) is 0.757. The average molecular weight is 444 g/mol. The smallest absolute Gasteiger partial charge is 0.167 e. The van der Waals surface area contributed by atoms with Crippen LogP contribution in [0.2, 0.25) is 0 Å². The molecule has 4 N–H and O–H groups in total. The maximum absolute atomic E-state index is 10.6. The Kier molecular flexibility index (Phi) is 5.35. The van der Waals surface area contributed by atoms with Gasteiger partial charge >= 0.3 is 0 Å². The maximum Gasteiger partial charge on any atom is 0.167 e. The summed E-state index contributed by atoms with van der Waals surface area (Å²) in [6, 6.07) is 16.8. The minimum Gasteiger partial charge on any atom is -0.491 e. The lowest BCUT2D eigenvalue weighted by molar-refractivity contribution is -0.0474. The van der Waals surface area contributed by atoms with E-state index in [0.717, 1.165) is 11.1 Å². The highest BCUT2D eigenvalue weighted by molar-refractivity contribution is 5.81. The van der Waals surface area contributed by atoms with Gasteiger partial charge in [-0.05, 0) is 29.3 Å². The van der Waals surface area contributed by atoms with Gasteiger partial charge in [0, 0.05) is 0 Å². The highest BCUT2D eigenvalue weighted by atomic mass is 16.6. The number of nitrogens with zero attached hydrogens (tertiary/aromatic N) is 5. The molecule has 0 spiro atoms. The normalized spacial score (nSPS) is 22.3. The number of imidazole rings is 1. The monoisotopic (exact) mass is 444 g/mol. The average Bonchev–Trinajstić information content (AvgIpc) is 3.40. The fraction of sp³-hybridized carbons (Fsp3) is 0.217. The number of ether oxygens (including phenoxy) is 2. The van der Waals surface area contributed by atoms with E-state index in [4.69, 9.17) is 15.2 Å². The molecule has 5 rings (SSSR count). The van der Waals surface area contributed by atoms with Gasteiger partial charge in [0.2, 0.25) is 0 Å². The molecule has 2 aromatic carbocycles. The Morgan fingerprint density at radius 3 is 2.79 bits per heavy atom. The van der Waals surface area contributed by atoms with Gasteiger partial charge in [-0.1, -0.05) is 30.3 Å². The zero-order valence-electron chi connectivity index (χ0n) is 17.3. The van der Waals surface area contributed by atoms with Gasteiger partial charge in [-0.3, -0.25) is 4.57 Å². The summed E-state index contributed by atoms with van der Waals surface area (Å²) in [6.45, 7) is 0.00182. The van der Waals surface area contributed by atoms with Gasteiger partial charge in [-0.2, -0.15) is 5.26 Å². The first-order valence-electron chi connectivity index (χ1n) is 10.2. The molecule has 4 atom stereocenters. The van der Waals surface area contributed by atoms with E-state index < -0.39 is 24.5 Å². The van der Waals surface area contributed by atoms with Crippen LogP contribution in [0.4, 0.5) is 5.82 Å². The third kappa shape index (κ3) is 3.74. The van der Waals surface area contributed by atoms with Crippen molar-refractivity contribution >= 4 is 17.0 Å². The van der Waals surface area contributed by atoms with Crippen molar-refractivity contribution in [1.82, 2.24) is 19.5 Å². The Morgan fingerprint density at radius 1 is 1.09 bits per heavy atom. The van der Waals surface area contributed by atoms with Crippen LogP contribution in [0.15, 0.2) is 61.2 Å². The fourth-order valence-electron chi connectivity index (χ4n) is 3.92. The molecule has 3 heterocycles. The van der Waals surface area contributed by atoms with E-state index in [1.807, 2.05) is 36.4 Å². The zero-order valence-corrected chi connectivity index (χ0v) is 17.3. The van der Waals surface area contributed by atoms with Gasteiger partial charge in [-0.15, -0.1) is 0 Å². The number of nitriles is 1. The number of hydrogen-bond acceptors (Lipinski definition) is 9. The SMILES string of the molecule is N#Cc1ccccc1-c1cccc(OC[C@H]2O[C@@H](n3cnc4c(N)ncnc43)[C@H](O)[C@@H]2O)c1. The number of hydrogen-bond donors (Lipinski definition) is 3. The second-order valence-electron chi connectivity index (χ2n) is 7.63. The van der Waals surface area contributed by atoms with Gasteiger partial charge in [0.1, 0.15) is 42.5 Å². The molecule has 2 aromatic heterocycles. The van der Waals surface area contributed by atoms with E-state index in [1.54, 1.807) is 12.1 Å². The number of aliphatic hydroxyl groups excluding tert-OH is 2. The second kappa shape index (κ2) is 8.48. The van der Waals surface area contributed by atoms with Crippen molar-refractivity contribution < 1.29 is 19.7 Å². The van der Waals surface area contributed by atoms with Crippen LogP contribution in [0.1, 0.15) is 11.8 Å². The quantitative estimate of drug-likeness (QED) is 0.417. The Balaban J connectivity index is 1.33. The van der Waals surface area contributed by atoms with Crippen LogP contribution in [0, 0.1) is 11.3 Å². The van der Waals surface area contributed by atoms with Gasteiger partial charge in [0.25, 0.3) is 0 Å². The van der Waals surface area contributed by atoms with E-state index in [9.17, 15) is 15.5 Å². The number of benzene rings is 2. The fourth-order valence-corrected chi connectivity index (χ4v) is 3.92. The topological polar surface area (TPSA) is 152 Å². The highest BCUT2D eigenvalue weighted by Crippen LogP contribution is 2.33. The molecule has 0 radical (unpaired) electrons. The van der Waals surface area contributed by atoms with Crippen molar-refractivity contribution in [3.63, 3.8) is 0 Å². The summed E-state index contributed by atoms with van der Waals surface area (Å²) >= 11 is 0. The van der Waals surface area contributed by atoms with Crippen molar-refractivity contribution in [3.05, 3.63) is 66.7 Å². The summed E-state index contributed by atoms with van der Waals surface area (Å²) in [5.41, 5.74) is 8.79. The van der Waals surface area contributed by atoms with Crippen LogP contribution in [-0.2, 0) is 4.74 Å². The van der Waals surface area contributed by atoms with Crippen LogP contribution >= 0.6 is 0 Å². The summed E-state index contributed by atoms with van der Waals surface area (Å²) in [6.07, 6.45) is -1.38. The Hall–Kier alpha value is -4.04. The number of anilines is 1. The predicted molar refractivity (Wildman–Crippen MR) is 118 cm³/mol. The minimum absolute atomic E-state index is 0.00182. The van der Waals surface area contributed by atoms with Gasteiger partial charge in [0.05, 0.1) is 18.0 Å². The lowest BCUT2D eigenvalue weighted by Crippen LogP contribution is -2.34. The zero-order chi connectivity index (χ0) is 22.9. The van der Waals surface area contributed by atoms with Crippen molar-refractivity contribution in [1.29, 1.82) is 5.26 Å². The van der Waals surface area contributed by atoms with Crippen molar-refractivity contribution in [3.8, 4) is 22.9 Å². The Morgan fingerprint density at radius 2 is 1.94 bits per heavy atom. The number of rotatable bonds is 5. The largest absolute Gasteiger partial charge is 0.491 e. The molecule has 10 nitrogen and oxygen atoms in total. The van der Waals surface area contributed by atoms with Crippen LogP contribution in [0.3, 0.4) is 0 Å². The summed E-state index contributed by atoms with van der Waals surface area (Å²) in [5, 5.41) is 30.5. The molecule has 10 heteroatoms. The predicted octanol–water partition coefficient (Wildman–Crippen LogP) is 1.65. The van der Waals surface area contributed by atoms with Crippen LogP contribution in [0.5, 0.6) is 5.75 Å². The van der Waals surface area contributed by atoms with E-state index in [1.165, 1.54) is 17.2 Å². The highest BCUT2D eigenvalue weighted by Gasteiger charge is 2.44. The molecule has 4 aromatic rings. The van der Waals surface area contributed by atoms with Crippen molar-refractivity contribution in [2.24, 2.45) is 0 Å². The molecular formula is C23H20N6O4. The van der Waals surface area contributed by atoms with Gasteiger partial charge < -0.3 is 25.4 Å². The third-order valence-electron chi connectivity index (χ3n) is 5.61. The molecule has 1 aliphatic rings. The van der Waals surface area contributed by atoms with Gasteiger partial charge in [0.15, 0.2) is 17.7 Å². The number of fused-ring (bicyclic) bond motifs is 1. The molecule has 0 amide bonds. The first-order chi connectivity index (χ1) is 16.1. The number of nitrogens with two attached hydrogens (primary N) is 1. The number of aliphatic hydroxyl groups is 2. The van der Waals surface area contributed by atoms with Crippen LogP contribution < -0.4 is 10.5 Å². The third-order valence-corrected chi connectivity index (χ3v) is 5.61. The van der Waals surface area contributed by atoms with Gasteiger partial charge in [-0.25, -0.2) is 15.0 Å². The van der Waals surface area contributed by atoms with E-state index in [0.29, 0.717) is 22.5 Å². The molecular weight excluding hydrogens is 424 g/mol. The minimum atomic E-state index is -1.22. The lowest BCUT2D eigenvalue weighted by Gasteiger charge is -2.17. The molecule has 0 unspecified atom stereocenters. The number of aromatic nitrogens is 4. The Bertz CT molecular complexity index is 1350. The summed E-state index contributed by atoms with van der Waals surface area (Å²) < 4.78 is 13.3. The van der Waals surface area contributed by atoms with Crippen molar-refractivity contribution in [2.75, 3.05) is 12.3 Å². The van der Waals surface area contributed by atoms with Crippen LogP contribution in [-0.4, -0.2) is 54.7 Å². The maximum atomic E-state index is 10.6.